The molecule has 0 saturated carbocycles. The number of hydrogen-bond donors (Lipinski definition) is 1. The molecule has 0 radical (unpaired) electrons. The van der Waals surface area contributed by atoms with E-state index in [0.29, 0.717) is 12.2 Å². The first-order chi connectivity index (χ1) is 8.16. The standard InChI is InChI=1S/C12H18F3N3/c1-11(2,3)17-8-9-5-7-16-10(18-9)4-6-12(13,14)15/h5,7,17H,4,6,8H2,1-3H3. The molecule has 0 spiro atoms. The molecule has 3 nitrogen and oxygen atoms in total. The molecule has 0 aliphatic carbocycles. The van der Waals surface area contributed by atoms with Gasteiger partial charge in [-0.05, 0) is 26.8 Å². The van der Waals surface area contributed by atoms with Crippen molar-refractivity contribution in [2.45, 2.75) is 51.9 Å². The minimum atomic E-state index is -4.16. The molecule has 1 aromatic rings. The summed E-state index contributed by atoms with van der Waals surface area (Å²) >= 11 is 0. The zero-order chi connectivity index (χ0) is 13.8. The van der Waals surface area contributed by atoms with E-state index in [4.69, 9.17) is 0 Å². The van der Waals surface area contributed by atoms with Crippen LogP contribution < -0.4 is 5.32 Å². The van der Waals surface area contributed by atoms with E-state index in [9.17, 15) is 13.2 Å². The summed E-state index contributed by atoms with van der Waals surface area (Å²) in [5.41, 5.74) is 0.647. The first kappa shape index (κ1) is 14.9. The van der Waals surface area contributed by atoms with Crippen molar-refractivity contribution in [2.75, 3.05) is 0 Å². The van der Waals surface area contributed by atoms with Gasteiger partial charge in [0.15, 0.2) is 0 Å². The lowest BCUT2D eigenvalue weighted by molar-refractivity contribution is -0.134. The first-order valence-corrected chi connectivity index (χ1v) is 5.78. The fraction of sp³-hybridized carbons (Fsp3) is 0.667. The van der Waals surface area contributed by atoms with Crippen LogP contribution in [0.4, 0.5) is 13.2 Å². The van der Waals surface area contributed by atoms with Crippen molar-refractivity contribution in [3.05, 3.63) is 23.8 Å². The quantitative estimate of drug-likeness (QED) is 0.905. The first-order valence-electron chi connectivity index (χ1n) is 5.78. The van der Waals surface area contributed by atoms with Crippen LogP contribution in [0.15, 0.2) is 12.3 Å². The van der Waals surface area contributed by atoms with Gasteiger partial charge in [-0.3, -0.25) is 0 Å². The van der Waals surface area contributed by atoms with Crippen molar-refractivity contribution in [3.8, 4) is 0 Å². The van der Waals surface area contributed by atoms with Gasteiger partial charge in [0.2, 0.25) is 0 Å². The Morgan fingerprint density at radius 3 is 2.44 bits per heavy atom. The second-order valence-corrected chi connectivity index (χ2v) is 5.18. The van der Waals surface area contributed by atoms with Gasteiger partial charge in [-0.2, -0.15) is 13.2 Å². The Morgan fingerprint density at radius 2 is 1.89 bits per heavy atom. The molecule has 1 aromatic heterocycles. The van der Waals surface area contributed by atoms with Crippen molar-refractivity contribution >= 4 is 0 Å². The fourth-order valence-electron chi connectivity index (χ4n) is 1.27. The third kappa shape index (κ3) is 6.54. The predicted octanol–water partition coefficient (Wildman–Crippen LogP) is 2.86. The molecule has 1 N–H and O–H groups in total. The average molecular weight is 261 g/mol. The Bertz CT molecular complexity index is 350. The number of hydrogen-bond acceptors (Lipinski definition) is 3. The lowest BCUT2D eigenvalue weighted by Gasteiger charge is -2.20. The highest BCUT2D eigenvalue weighted by molar-refractivity contribution is 5.03. The van der Waals surface area contributed by atoms with Crippen molar-refractivity contribution in [3.63, 3.8) is 0 Å². The van der Waals surface area contributed by atoms with E-state index in [-0.39, 0.29) is 17.8 Å². The minimum Gasteiger partial charge on any atom is -0.306 e. The molecular weight excluding hydrogens is 243 g/mol. The average Bonchev–Trinajstić information content (AvgIpc) is 2.22. The van der Waals surface area contributed by atoms with E-state index < -0.39 is 12.6 Å². The molecule has 18 heavy (non-hydrogen) atoms. The third-order valence-electron chi connectivity index (χ3n) is 2.20. The van der Waals surface area contributed by atoms with Gasteiger partial charge in [-0.1, -0.05) is 0 Å². The Kier molecular flexibility index (Phi) is 4.67. The topological polar surface area (TPSA) is 37.8 Å². The molecular formula is C12H18F3N3. The highest BCUT2D eigenvalue weighted by Crippen LogP contribution is 2.21. The zero-order valence-corrected chi connectivity index (χ0v) is 10.8. The minimum absolute atomic E-state index is 0.0584. The SMILES string of the molecule is CC(C)(C)NCc1ccnc(CCC(F)(F)F)n1. The number of aromatic nitrogens is 2. The van der Waals surface area contributed by atoms with Crippen molar-refractivity contribution in [2.24, 2.45) is 0 Å². The van der Waals surface area contributed by atoms with Gasteiger partial charge in [-0.15, -0.1) is 0 Å². The van der Waals surface area contributed by atoms with Crippen LogP contribution in [0, 0.1) is 0 Å². The molecule has 0 bridgehead atoms. The van der Waals surface area contributed by atoms with Gasteiger partial charge in [-0.25, -0.2) is 9.97 Å². The van der Waals surface area contributed by atoms with Crippen LogP contribution in [0.2, 0.25) is 0 Å². The van der Waals surface area contributed by atoms with E-state index in [1.807, 2.05) is 20.8 Å². The van der Waals surface area contributed by atoms with Crippen LogP contribution in [0.1, 0.15) is 38.7 Å². The van der Waals surface area contributed by atoms with Crippen LogP contribution in [0.25, 0.3) is 0 Å². The van der Waals surface area contributed by atoms with E-state index >= 15 is 0 Å². The van der Waals surface area contributed by atoms with Crippen LogP contribution in [-0.2, 0) is 13.0 Å². The maximum absolute atomic E-state index is 12.1. The fourth-order valence-corrected chi connectivity index (χ4v) is 1.27. The Hall–Kier alpha value is -1.17. The Balaban J connectivity index is 2.57. The van der Waals surface area contributed by atoms with Gasteiger partial charge in [0, 0.05) is 24.7 Å². The summed E-state index contributed by atoms with van der Waals surface area (Å²) in [6, 6.07) is 1.70. The number of nitrogens with zero attached hydrogens (tertiary/aromatic N) is 2. The maximum atomic E-state index is 12.1. The van der Waals surface area contributed by atoms with Gasteiger partial charge in [0.1, 0.15) is 5.82 Å². The summed E-state index contributed by atoms with van der Waals surface area (Å²) in [6.45, 7) is 6.56. The molecule has 0 amide bonds. The van der Waals surface area contributed by atoms with Crippen LogP contribution in [0.3, 0.4) is 0 Å². The summed E-state index contributed by atoms with van der Waals surface area (Å²) < 4.78 is 36.2. The van der Waals surface area contributed by atoms with E-state index in [2.05, 4.69) is 15.3 Å². The third-order valence-corrected chi connectivity index (χ3v) is 2.20. The van der Waals surface area contributed by atoms with Gasteiger partial charge in [0.05, 0.1) is 12.1 Å². The maximum Gasteiger partial charge on any atom is 0.389 e. The van der Waals surface area contributed by atoms with Crippen LogP contribution >= 0.6 is 0 Å². The molecule has 0 aliphatic heterocycles. The number of aryl methyl sites for hydroxylation is 1. The van der Waals surface area contributed by atoms with Crippen molar-refractivity contribution < 1.29 is 13.2 Å². The van der Waals surface area contributed by atoms with Crippen LogP contribution in [-0.4, -0.2) is 21.7 Å². The highest BCUT2D eigenvalue weighted by atomic mass is 19.4. The number of alkyl halides is 3. The second-order valence-electron chi connectivity index (χ2n) is 5.18. The van der Waals surface area contributed by atoms with Gasteiger partial charge in [0.25, 0.3) is 0 Å². The van der Waals surface area contributed by atoms with Crippen LogP contribution in [0.5, 0.6) is 0 Å². The molecule has 0 atom stereocenters. The Morgan fingerprint density at radius 1 is 1.22 bits per heavy atom. The summed E-state index contributed by atoms with van der Waals surface area (Å²) in [5.74, 6) is 0.237. The zero-order valence-electron chi connectivity index (χ0n) is 10.8. The largest absolute Gasteiger partial charge is 0.389 e. The number of rotatable bonds is 4. The predicted molar refractivity (Wildman–Crippen MR) is 63.0 cm³/mol. The molecule has 0 aliphatic rings. The van der Waals surface area contributed by atoms with E-state index in [0.717, 1.165) is 0 Å². The Labute approximate surface area is 105 Å². The normalized spacial score (nSPS) is 12.8. The highest BCUT2D eigenvalue weighted by Gasteiger charge is 2.27. The summed E-state index contributed by atoms with van der Waals surface area (Å²) in [5, 5.41) is 3.23. The summed E-state index contributed by atoms with van der Waals surface area (Å²) in [7, 11) is 0. The molecule has 1 heterocycles. The molecule has 0 unspecified atom stereocenters. The molecule has 1 rings (SSSR count). The lowest BCUT2D eigenvalue weighted by atomic mass is 10.1. The van der Waals surface area contributed by atoms with E-state index in [1.165, 1.54) is 6.20 Å². The monoisotopic (exact) mass is 261 g/mol. The number of halogens is 3. The van der Waals surface area contributed by atoms with Crippen molar-refractivity contribution in [1.82, 2.24) is 15.3 Å². The smallest absolute Gasteiger partial charge is 0.306 e. The number of nitrogens with one attached hydrogen (secondary N) is 1. The lowest BCUT2D eigenvalue weighted by Crippen LogP contribution is -2.35. The molecule has 0 saturated heterocycles. The second kappa shape index (κ2) is 5.65. The van der Waals surface area contributed by atoms with E-state index in [1.54, 1.807) is 6.07 Å². The van der Waals surface area contributed by atoms with Crippen molar-refractivity contribution in [1.29, 1.82) is 0 Å². The summed E-state index contributed by atoms with van der Waals surface area (Å²) in [6.07, 6.45) is -3.72. The molecule has 102 valence electrons. The van der Waals surface area contributed by atoms with Gasteiger partial charge >= 0.3 is 6.18 Å². The van der Waals surface area contributed by atoms with Gasteiger partial charge < -0.3 is 5.32 Å². The molecule has 0 aromatic carbocycles. The molecule has 0 fully saturated rings. The summed E-state index contributed by atoms with van der Waals surface area (Å²) in [4.78, 5) is 7.95. The molecule has 6 heteroatoms.